The van der Waals surface area contributed by atoms with Crippen molar-refractivity contribution in [3.63, 3.8) is 0 Å². The molecule has 0 aliphatic carbocycles. The Bertz CT molecular complexity index is 1110. The number of nitrogens with one attached hydrogen (secondary N) is 1. The maximum absolute atomic E-state index is 12.9. The Balaban J connectivity index is 1.56. The minimum atomic E-state index is -4.45. The maximum atomic E-state index is 12.9. The highest BCUT2D eigenvalue weighted by Crippen LogP contribution is 2.29. The summed E-state index contributed by atoms with van der Waals surface area (Å²) >= 11 is 0. The molecule has 3 aromatic rings. The fourth-order valence-corrected chi connectivity index (χ4v) is 2.90. The van der Waals surface area contributed by atoms with E-state index in [1.54, 1.807) is 24.3 Å². The number of carbonyl (C=O) groups is 1. The number of carbonyl (C=O) groups excluding carboxylic acids is 1. The summed E-state index contributed by atoms with van der Waals surface area (Å²) in [5.74, 6) is 0.992. The Kier molecular flexibility index (Phi) is 7.71. The largest absolute Gasteiger partial charge is 0.494 e. The first-order valence-corrected chi connectivity index (χ1v) is 10.2. The minimum Gasteiger partial charge on any atom is -0.494 e. The summed E-state index contributed by atoms with van der Waals surface area (Å²) in [4.78, 5) is 12.3. The van der Waals surface area contributed by atoms with E-state index in [2.05, 4.69) is 10.5 Å². The molecule has 5 nitrogen and oxygen atoms in total. The fourth-order valence-electron chi connectivity index (χ4n) is 2.90. The van der Waals surface area contributed by atoms with E-state index < -0.39 is 17.6 Å². The predicted molar refractivity (Wildman–Crippen MR) is 120 cm³/mol. The van der Waals surface area contributed by atoms with Crippen molar-refractivity contribution in [3.8, 4) is 11.5 Å². The van der Waals surface area contributed by atoms with Crippen LogP contribution in [0.4, 0.5) is 13.2 Å². The Morgan fingerprint density at radius 1 is 0.909 bits per heavy atom. The quantitative estimate of drug-likeness (QED) is 0.342. The van der Waals surface area contributed by atoms with E-state index in [0.29, 0.717) is 24.5 Å². The molecule has 0 heterocycles. The van der Waals surface area contributed by atoms with E-state index in [-0.39, 0.29) is 11.3 Å². The summed E-state index contributed by atoms with van der Waals surface area (Å²) in [5.41, 5.74) is 3.35. The molecule has 8 heteroatoms. The molecule has 0 saturated carbocycles. The molecule has 0 unspecified atom stereocenters. The van der Waals surface area contributed by atoms with Crippen LogP contribution in [0.25, 0.3) is 0 Å². The van der Waals surface area contributed by atoms with Crippen LogP contribution in [0.15, 0.2) is 77.9 Å². The van der Waals surface area contributed by atoms with Crippen molar-refractivity contribution in [2.45, 2.75) is 26.6 Å². The average Bonchev–Trinajstić information content (AvgIpc) is 2.82. The summed E-state index contributed by atoms with van der Waals surface area (Å²) in [6, 6.07) is 18.8. The molecule has 3 aromatic carbocycles. The summed E-state index contributed by atoms with van der Waals surface area (Å²) < 4.78 is 49.7. The Morgan fingerprint density at radius 3 is 2.15 bits per heavy atom. The molecular weight excluding hydrogens is 433 g/mol. The highest BCUT2D eigenvalue weighted by atomic mass is 19.4. The van der Waals surface area contributed by atoms with Gasteiger partial charge in [0.05, 0.1) is 17.9 Å². The second-order valence-corrected chi connectivity index (χ2v) is 7.11. The standard InChI is InChI=1S/C25H23F3N2O3/c1-3-32-22-11-13-23(14-12-22)33-16-18-7-9-19(10-8-18)24(31)30-29-17(2)20-5-4-6-21(15-20)25(26,27)28/h4-15H,3,16H2,1-2H3,(H,30,31)/b29-17-. The van der Waals surface area contributed by atoms with Crippen molar-refractivity contribution < 1.29 is 27.4 Å². The molecule has 0 bridgehead atoms. The Labute approximate surface area is 189 Å². The van der Waals surface area contributed by atoms with Crippen molar-refractivity contribution in [1.82, 2.24) is 5.43 Å². The third-order valence-corrected chi connectivity index (χ3v) is 4.69. The molecule has 0 aromatic heterocycles. The Morgan fingerprint density at radius 2 is 1.55 bits per heavy atom. The third-order valence-electron chi connectivity index (χ3n) is 4.69. The molecule has 0 saturated heterocycles. The van der Waals surface area contributed by atoms with E-state index in [1.807, 2.05) is 31.2 Å². The van der Waals surface area contributed by atoms with Gasteiger partial charge in [-0.1, -0.05) is 24.3 Å². The number of amides is 1. The first-order chi connectivity index (χ1) is 15.8. The summed E-state index contributed by atoms with van der Waals surface area (Å²) in [5, 5.41) is 3.93. The number of hydrogen-bond donors (Lipinski definition) is 1. The second-order valence-electron chi connectivity index (χ2n) is 7.11. The average molecular weight is 456 g/mol. The number of nitrogens with zero attached hydrogens (tertiary/aromatic N) is 1. The fraction of sp³-hybridized carbons (Fsp3) is 0.200. The lowest BCUT2D eigenvalue weighted by molar-refractivity contribution is -0.137. The third kappa shape index (κ3) is 6.83. The highest BCUT2D eigenvalue weighted by Gasteiger charge is 2.30. The van der Waals surface area contributed by atoms with Crippen molar-refractivity contribution >= 4 is 11.6 Å². The molecule has 172 valence electrons. The van der Waals surface area contributed by atoms with Crippen LogP contribution in [0.5, 0.6) is 11.5 Å². The molecular formula is C25H23F3N2O3. The van der Waals surface area contributed by atoms with Crippen molar-refractivity contribution in [3.05, 3.63) is 95.1 Å². The zero-order valence-corrected chi connectivity index (χ0v) is 18.1. The first kappa shape index (κ1) is 23.8. The van der Waals surface area contributed by atoms with Gasteiger partial charge in [-0.05, 0) is 73.5 Å². The minimum absolute atomic E-state index is 0.259. The van der Waals surface area contributed by atoms with Gasteiger partial charge in [0.1, 0.15) is 18.1 Å². The lowest BCUT2D eigenvalue weighted by Crippen LogP contribution is -2.19. The number of halogens is 3. The normalized spacial score (nSPS) is 11.7. The lowest BCUT2D eigenvalue weighted by Gasteiger charge is -2.09. The molecule has 0 aliphatic rings. The van der Waals surface area contributed by atoms with Gasteiger partial charge in [0.25, 0.3) is 5.91 Å². The van der Waals surface area contributed by atoms with Crippen LogP contribution in [0.1, 0.15) is 40.9 Å². The molecule has 1 amide bonds. The molecule has 0 radical (unpaired) electrons. The van der Waals surface area contributed by atoms with E-state index in [1.165, 1.54) is 19.1 Å². The Hall–Kier alpha value is -3.81. The molecule has 3 rings (SSSR count). The smallest absolute Gasteiger partial charge is 0.416 e. The number of ether oxygens (including phenoxy) is 2. The predicted octanol–water partition coefficient (Wildman–Crippen LogP) is 5.84. The number of hydrazone groups is 1. The summed E-state index contributed by atoms with van der Waals surface area (Å²) in [7, 11) is 0. The van der Waals surface area contributed by atoms with E-state index in [4.69, 9.17) is 9.47 Å². The lowest BCUT2D eigenvalue weighted by atomic mass is 10.1. The van der Waals surface area contributed by atoms with Gasteiger partial charge in [0.2, 0.25) is 0 Å². The number of alkyl halides is 3. The van der Waals surface area contributed by atoms with Crippen LogP contribution in [-0.4, -0.2) is 18.2 Å². The van der Waals surface area contributed by atoms with E-state index in [0.717, 1.165) is 23.4 Å². The molecule has 0 fully saturated rings. The first-order valence-electron chi connectivity index (χ1n) is 10.2. The van der Waals surface area contributed by atoms with Crippen LogP contribution >= 0.6 is 0 Å². The number of rotatable bonds is 8. The highest BCUT2D eigenvalue weighted by molar-refractivity contribution is 6.01. The van der Waals surface area contributed by atoms with Crippen LogP contribution in [-0.2, 0) is 12.8 Å². The zero-order valence-electron chi connectivity index (χ0n) is 18.1. The van der Waals surface area contributed by atoms with Gasteiger partial charge in [-0.25, -0.2) is 5.43 Å². The van der Waals surface area contributed by atoms with Crippen molar-refractivity contribution in [1.29, 1.82) is 0 Å². The van der Waals surface area contributed by atoms with Gasteiger partial charge in [-0.3, -0.25) is 4.79 Å². The molecule has 33 heavy (non-hydrogen) atoms. The van der Waals surface area contributed by atoms with Gasteiger partial charge in [0, 0.05) is 5.56 Å². The SMILES string of the molecule is CCOc1ccc(OCc2ccc(C(=O)N/N=C(/C)c3cccc(C(F)(F)F)c3)cc2)cc1. The van der Waals surface area contributed by atoms with Crippen molar-refractivity contribution in [2.24, 2.45) is 5.10 Å². The topological polar surface area (TPSA) is 59.9 Å². The monoisotopic (exact) mass is 456 g/mol. The van der Waals surface area contributed by atoms with Crippen LogP contribution < -0.4 is 14.9 Å². The van der Waals surface area contributed by atoms with Gasteiger partial charge in [0.15, 0.2) is 0 Å². The molecule has 1 N–H and O–H groups in total. The van der Waals surface area contributed by atoms with Gasteiger partial charge in [-0.15, -0.1) is 0 Å². The molecule has 0 spiro atoms. The maximum Gasteiger partial charge on any atom is 0.416 e. The molecule has 0 aliphatic heterocycles. The van der Waals surface area contributed by atoms with Crippen LogP contribution in [0.2, 0.25) is 0 Å². The number of hydrogen-bond acceptors (Lipinski definition) is 4. The summed E-state index contributed by atoms with van der Waals surface area (Å²) in [6.07, 6.45) is -4.45. The van der Waals surface area contributed by atoms with Crippen molar-refractivity contribution in [2.75, 3.05) is 6.61 Å². The van der Waals surface area contributed by atoms with Gasteiger partial charge in [-0.2, -0.15) is 18.3 Å². The van der Waals surface area contributed by atoms with E-state index >= 15 is 0 Å². The van der Waals surface area contributed by atoms with Gasteiger partial charge >= 0.3 is 6.18 Å². The van der Waals surface area contributed by atoms with Crippen LogP contribution in [0, 0.1) is 0 Å². The summed E-state index contributed by atoms with van der Waals surface area (Å²) in [6.45, 7) is 4.36. The van der Waals surface area contributed by atoms with E-state index in [9.17, 15) is 18.0 Å². The molecule has 0 atom stereocenters. The second kappa shape index (κ2) is 10.7. The number of benzene rings is 3. The van der Waals surface area contributed by atoms with Crippen LogP contribution in [0.3, 0.4) is 0 Å². The zero-order chi connectivity index (χ0) is 23.8. The van der Waals surface area contributed by atoms with Gasteiger partial charge < -0.3 is 9.47 Å².